The van der Waals surface area contributed by atoms with Crippen LogP contribution in [0.1, 0.15) is 63.4 Å². The van der Waals surface area contributed by atoms with Gasteiger partial charge in [0.25, 0.3) is 0 Å². The van der Waals surface area contributed by atoms with Crippen molar-refractivity contribution in [3.63, 3.8) is 0 Å². The van der Waals surface area contributed by atoms with E-state index in [1.165, 1.54) is 76.4 Å². The summed E-state index contributed by atoms with van der Waals surface area (Å²) in [6, 6.07) is 8.45. The third kappa shape index (κ3) is 6.27. The lowest BCUT2D eigenvalue weighted by Gasteiger charge is -2.35. The topological polar surface area (TPSA) is 29.3 Å². The molecule has 0 amide bonds. The molecule has 3 rings (SSSR count). The standard InChI is InChI=1S/C22H35ClN2/c23-22-12-10-21(11-13-22)17-25(15-19-4-2-1-3-5-19)16-20-8-6-18(14-24)7-9-20/h10-13,18-20H,1-9,14-17,24H2. The predicted octanol–water partition coefficient (Wildman–Crippen LogP) is 5.49. The number of hydrogen-bond acceptors (Lipinski definition) is 2. The van der Waals surface area contributed by atoms with E-state index in [1.807, 2.05) is 12.1 Å². The van der Waals surface area contributed by atoms with E-state index in [0.717, 1.165) is 35.9 Å². The van der Waals surface area contributed by atoms with Gasteiger partial charge in [0.2, 0.25) is 0 Å². The van der Waals surface area contributed by atoms with Crippen LogP contribution in [0, 0.1) is 17.8 Å². The van der Waals surface area contributed by atoms with Crippen molar-refractivity contribution in [3.05, 3.63) is 34.9 Å². The summed E-state index contributed by atoms with van der Waals surface area (Å²) in [4.78, 5) is 2.74. The van der Waals surface area contributed by atoms with Gasteiger partial charge in [-0.3, -0.25) is 4.90 Å². The minimum atomic E-state index is 0.777. The number of halogens is 1. The second kappa shape index (κ2) is 9.94. The van der Waals surface area contributed by atoms with Crippen LogP contribution in [0.4, 0.5) is 0 Å². The molecule has 2 N–H and O–H groups in total. The van der Waals surface area contributed by atoms with Crippen LogP contribution in [-0.2, 0) is 6.54 Å². The summed E-state index contributed by atoms with van der Waals surface area (Å²) in [6.07, 6.45) is 12.6. The van der Waals surface area contributed by atoms with Crippen LogP contribution >= 0.6 is 11.6 Å². The predicted molar refractivity (Wildman–Crippen MR) is 108 cm³/mol. The van der Waals surface area contributed by atoms with Crippen molar-refractivity contribution < 1.29 is 0 Å². The molecule has 0 unspecified atom stereocenters. The van der Waals surface area contributed by atoms with E-state index in [9.17, 15) is 0 Å². The number of nitrogens with zero attached hydrogens (tertiary/aromatic N) is 1. The molecule has 140 valence electrons. The fraction of sp³-hybridized carbons (Fsp3) is 0.727. The third-order valence-corrected chi connectivity index (χ3v) is 6.63. The first kappa shape index (κ1) is 19.2. The molecule has 2 saturated carbocycles. The first-order valence-electron chi connectivity index (χ1n) is 10.4. The summed E-state index contributed by atoms with van der Waals surface area (Å²) in [5.41, 5.74) is 7.27. The monoisotopic (exact) mass is 362 g/mol. The highest BCUT2D eigenvalue weighted by atomic mass is 35.5. The largest absolute Gasteiger partial charge is 0.330 e. The zero-order chi connectivity index (χ0) is 17.5. The number of rotatable bonds is 7. The summed E-state index contributed by atoms with van der Waals surface area (Å²) in [5.74, 6) is 2.54. The van der Waals surface area contributed by atoms with E-state index >= 15 is 0 Å². The van der Waals surface area contributed by atoms with Crippen LogP contribution in [-0.4, -0.2) is 24.5 Å². The average molecular weight is 363 g/mol. The Morgan fingerprint density at radius 1 is 0.800 bits per heavy atom. The zero-order valence-corrected chi connectivity index (χ0v) is 16.4. The van der Waals surface area contributed by atoms with Crippen LogP contribution < -0.4 is 5.73 Å². The van der Waals surface area contributed by atoms with Gasteiger partial charge in [-0.05, 0) is 80.5 Å². The molecule has 0 radical (unpaired) electrons. The normalized spacial score (nSPS) is 25.4. The first-order valence-corrected chi connectivity index (χ1v) is 10.8. The zero-order valence-electron chi connectivity index (χ0n) is 15.6. The molecule has 1 aromatic carbocycles. The summed E-state index contributed by atoms with van der Waals surface area (Å²) < 4.78 is 0. The highest BCUT2D eigenvalue weighted by Gasteiger charge is 2.24. The van der Waals surface area contributed by atoms with Crippen LogP contribution in [0.25, 0.3) is 0 Å². The van der Waals surface area contributed by atoms with Crippen molar-refractivity contribution in [1.82, 2.24) is 4.90 Å². The second-order valence-electron chi connectivity index (χ2n) is 8.45. The van der Waals surface area contributed by atoms with E-state index in [1.54, 1.807) is 0 Å². The maximum atomic E-state index is 6.06. The van der Waals surface area contributed by atoms with Gasteiger partial charge in [0.1, 0.15) is 0 Å². The van der Waals surface area contributed by atoms with Gasteiger partial charge in [-0.2, -0.15) is 0 Å². The second-order valence-corrected chi connectivity index (χ2v) is 8.88. The quantitative estimate of drug-likeness (QED) is 0.695. The Balaban J connectivity index is 1.58. The maximum absolute atomic E-state index is 6.06. The minimum absolute atomic E-state index is 0.777. The summed E-state index contributed by atoms with van der Waals surface area (Å²) >= 11 is 6.06. The van der Waals surface area contributed by atoms with Gasteiger partial charge in [-0.15, -0.1) is 0 Å². The number of hydrogen-bond donors (Lipinski definition) is 1. The smallest absolute Gasteiger partial charge is 0.0406 e. The molecule has 0 heterocycles. The number of nitrogens with two attached hydrogens (primary N) is 1. The van der Waals surface area contributed by atoms with E-state index in [-0.39, 0.29) is 0 Å². The average Bonchev–Trinajstić information content (AvgIpc) is 2.65. The van der Waals surface area contributed by atoms with Crippen molar-refractivity contribution >= 4 is 11.6 Å². The van der Waals surface area contributed by atoms with E-state index in [0.29, 0.717) is 0 Å². The van der Waals surface area contributed by atoms with Crippen molar-refractivity contribution in [1.29, 1.82) is 0 Å². The van der Waals surface area contributed by atoms with E-state index in [4.69, 9.17) is 17.3 Å². The van der Waals surface area contributed by atoms with Crippen LogP contribution in [0.5, 0.6) is 0 Å². The Morgan fingerprint density at radius 3 is 1.96 bits per heavy atom. The Hall–Kier alpha value is -0.570. The molecule has 0 spiro atoms. The molecule has 1 aromatic rings. The van der Waals surface area contributed by atoms with Crippen molar-refractivity contribution in [3.8, 4) is 0 Å². The molecule has 2 aliphatic carbocycles. The molecule has 2 fully saturated rings. The van der Waals surface area contributed by atoms with Gasteiger partial charge in [0.05, 0.1) is 0 Å². The molecule has 2 nitrogen and oxygen atoms in total. The lowest BCUT2D eigenvalue weighted by atomic mass is 9.81. The van der Waals surface area contributed by atoms with Gasteiger partial charge in [0.15, 0.2) is 0 Å². The number of benzene rings is 1. The Morgan fingerprint density at radius 2 is 1.36 bits per heavy atom. The van der Waals surface area contributed by atoms with Gasteiger partial charge < -0.3 is 5.73 Å². The highest BCUT2D eigenvalue weighted by molar-refractivity contribution is 6.30. The fourth-order valence-electron chi connectivity index (χ4n) is 4.80. The lowest BCUT2D eigenvalue weighted by Crippen LogP contribution is -2.36. The minimum Gasteiger partial charge on any atom is -0.330 e. The van der Waals surface area contributed by atoms with Gasteiger partial charge in [-0.25, -0.2) is 0 Å². The maximum Gasteiger partial charge on any atom is 0.0406 e. The molecule has 25 heavy (non-hydrogen) atoms. The van der Waals surface area contributed by atoms with Crippen molar-refractivity contribution in [2.45, 2.75) is 64.3 Å². The molecule has 3 heteroatoms. The summed E-state index contributed by atoms with van der Waals surface area (Å²) in [5, 5.41) is 0.836. The Labute approximate surface area is 159 Å². The molecule has 0 aliphatic heterocycles. The van der Waals surface area contributed by atoms with E-state index in [2.05, 4.69) is 17.0 Å². The SMILES string of the molecule is NCC1CCC(CN(Cc2ccc(Cl)cc2)CC2CCCCC2)CC1. The molecule has 0 bridgehead atoms. The molecule has 0 atom stereocenters. The van der Waals surface area contributed by atoms with Crippen molar-refractivity contribution in [2.24, 2.45) is 23.5 Å². The van der Waals surface area contributed by atoms with Crippen LogP contribution in [0.15, 0.2) is 24.3 Å². The summed E-state index contributed by atoms with van der Waals surface area (Å²) in [6.45, 7) is 4.49. The molecular formula is C22H35ClN2. The summed E-state index contributed by atoms with van der Waals surface area (Å²) in [7, 11) is 0. The van der Waals surface area contributed by atoms with Crippen LogP contribution in [0.3, 0.4) is 0 Å². The molecular weight excluding hydrogens is 328 g/mol. The highest BCUT2D eigenvalue weighted by Crippen LogP contribution is 2.30. The third-order valence-electron chi connectivity index (χ3n) is 6.38. The van der Waals surface area contributed by atoms with Gasteiger partial charge in [-0.1, -0.05) is 43.0 Å². The Kier molecular flexibility index (Phi) is 7.64. The van der Waals surface area contributed by atoms with Gasteiger partial charge >= 0.3 is 0 Å². The van der Waals surface area contributed by atoms with Crippen LogP contribution in [0.2, 0.25) is 5.02 Å². The Bertz CT molecular complexity index is 487. The molecule has 2 aliphatic rings. The first-order chi connectivity index (χ1) is 12.2. The lowest BCUT2D eigenvalue weighted by molar-refractivity contribution is 0.143. The molecule has 0 saturated heterocycles. The van der Waals surface area contributed by atoms with Crippen molar-refractivity contribution in [2.75, 3.05) is 19.6 Å². The fourth-order valence-corrected chi connectivity index (χ4v) is 4.93. The van der Waals surface area contributed by atoms with Gasteiger partial charge in [0, 0.05) is 24.7 Å². The van der Waals surface area contributed by atoms with E-state index < -0.39 is 0 Å². The molecule has 0 aromatic heterocycles.